The molecule has 2 rings (SSSR count). The van der Waals surface area contributed by atoms with Crippen molar-refractivity contribution in [1.82, 2.24) is 15.1 Å². The molecule has 1 unspecified atom stereocenters. The molecule has 4 heteroatoms. The number of hydrogen-bond acceptors (Lipinski definition) is 3. The molecule has 0 radical (unpaired) electrons. The van der Waals surface area contributed by atoms with Crippen LogP contribution in [0.2, 0.25) is 0 Å². The SMILES string of the molecule is Cc1nn(CC(CO)(NC(C)C)C2CC2)c(C)c1C. The van der Waals surface area contributed by atoms with E-state index in [-0.39, 0.29) is 12.1 Å². The molecule has 1 aromatic rings. The minimum atomic E-state index is -0.218. The summed E-state index contributed by atoms with van der Waals surface area (Å²) >= 11 is 0. The average Bonchev–Trinajstić information content (AvgIpc) is 3.15. The number of aryl methyl sites for hydroxylation is 1. The van der Waals surface area contributed by atoms with E-state index in [0.717, 1.165) is 12.2 Å². The maximum Gasteiger partial charge on any atom is 0.0643 e. The van der Waals surface area contributed by atoms with Crippen molar-refractivity contribution in [1.29, 1.82) is 0 Å². The molecule has 2 N–H and O–H groups in total. The lowest BCUT2D eigenvalue weighted by Crippen LogP contribution is -2.56. The van der Waals surface area contributed by atoms with Crippen molar-refractivity contribution in [3.8, 4) is 0 Å². The molecule has 1 fully saturated rings. The zero-order valence-electron chi connectivity index (χ0n) is 12.8. The molecular formula is C15H27N3O. The molecule has 1 atom stereocenters. The molecule has 19 heavy (non-hydrogen) atoms. The first kappa shape index (κ1) is 14.5. The smallest absolute Gasteiger partial charge is 0.0643 e. The van der Waals surface area contributed by atoms with Gasteiger partial charge in [-0.25, -0.2) is 0 Å². The topological polar surface area (TPSA) is 50.1 Å². The van der Waals surface area contributed by atoms with E-state index >= 15 is 0 Å². The molecule has 108 valence electrons. The Hall–Kier alpha value is -0.870. The number of nitrogens with zero attached hydrogens (tertiary/aromatic N) is 2. The minimum absolute atomic E-state index is 0.174. The summed E-state index contributed by atoms with van der Waals surface area (Å²) in [6.45, 7) is 11.5. The fourth-order valence-electron chi connectivity index (χ4n) is 2.94. The molecule has 4 nitrogen and oxygen atoms in total. The Balaban J connectivity index is 2.26. The third-order valence-electron chi connectivity index (χ3n) is 4.39. The van der Waals surface area contributed by atoms with Gasteiger partial charge >= 0.3 is 0 Å². The summed E-state index contributed by atoms with van der Waals surface area (Å²) in [6.07, 6.45) is 2.41. The molecule has 0 saturated heterocycles. The van der Waals surface area contributed by atoms with E-state index in [1.165, 1.54) is 24.1 Å². The lowest BCUT2D eigenvalue weighted by Gasteiger charge is -2.35. The first-order valence-corrected chi connectivity index (χ1v) is 7.29. The fraction of sp³-hybridized carbons (Fsp3) is 0.800. The van der Waals surface area contributed by atoms with E-state index in [9.17, 15) is 5.11 Å². The Morgan fingerprint density at radius 1 is 1.37 bits per heavy atom. The van der Waals surface area contributed by atoms with Gasteiger partial charge in [-0.1, -0.05) is 13.8 Å². The van der Waals surface area contributed by atoms with Gasteiger partial charge in [0.1, 0.15) is 0 Å². The van der Waals surface area contributed by atoms with Gasteiger partial charge in [-0.05, 0) is 45.1 Å². The zero-order valence-corrected chi connectivity index (χ0v) is 12.8. The van der Waals surface area contributed by atoms with Crippen LogP contribution in [0.4, 0.5) is 0 Å². The van der Waals surface area contributed by atoms with Crippen molar-refractivity contribution < 1.29 is 5.11 Å². The van der Waals surface area contributed by atoms with Gasteiger partial charge in [-0.15, -0.1) is 0 Å². The summed E-state index contributed by atoms with van der Waals surface area (Å²) in [4.78, 5) is 0. The molecule has 1 aliphatic carbocycles. The fourth-order valence-corrected chi connectivity index (χ4v) is 2.94. The maximum absolute atomic E-state index is 9.96. The molecule has 0 aromatic carbocycles. The Kier molecular flexibility index (Phi) is 4.02. The van der Waals surface area contributed by atoms with Crippen LogP contribution in [-0.4, -0.2) is 33.1 Å². The number of hydrogen-bond donors (Lipinski definition) is 2. The molecule has 1 saturated carbocycles. The van der Waals surface area contributed by atoms with Crippen LogP contribution in [0.5, 0.6) is 0 Å². The second kappa shape index (κ2) is 5.25. The first-order chi connectivity index (χ1) is 8.89. The van der Waals surface area contributed by atoms with Crippen molar-refractivity contribution in [3.63, 3.8) is 0 Å². The Bertz CT molecular complexity index is 448. The summed E-state index contributed by atoms with van der Waals surface area (Å²) in [7, 11) is 0. The maximum atomic E-state index is 9.96. The number of aliphatic hydroxyl groups is 1. The van der Waals surface area contributed by atoms with Gasteiger partial charge < -0.3 is 10.4 Å². The molecule has 0 aliphatic heterocycles. The van der Waals surface area contributed by atoms with Crippen molar-refractivity contribution in [3.05, 3.63) is 17.0 Å². The normalized spacial score (nSPS) is 18.9. The van der Waals surface area contributed by atoms with Crippen molar-refractivity contribution >= 4 is 0 Å². The molecular weight excluding hydrogens is 238 g/mol. The van der Waals surface area contributed by atoms with Gasteiger partial charge in [0, 0.05) is 11.7 Å². The van der Waals surface area contributed by atoms with Crippen LogP contribution in [0, 0.1) is 26.7 Å². The molecule has 0 spiro atoms. The van der Waals surface area contributed by atoms with E-state index in [1.807, 2.05) is 6.92 Å². The van der Waals surface area contributed by atoms with E-state index in [1.54, 1.807) is 0 Å². The predicted molar refractivity (Wildman–Crippen MR) is 77.3 cm³/mol. The summed E-state index contributed by atoms with van der Waals surface area (Å²) in [6, 6.07) is 0.366. The van der Waals surface area contributed by atoms with Crippen molar-refractivity contribution in [2.75, 3.05) is 6.61 Å². The Morgan fingerprint density at radius 3 is 2.37 bits per heavy atom. The van der Waals surface area contributed by atoms with Gasteiger partial charge in [0.05, 0.1) is 24.4 Å². The summed E-state index contributed by atoms with van der Waals surface area (Å²) in [5.41, 5.74) is 3.34. The number of aromatic nitrogens is 2. The highest BCUT2D eigenvalue weighted by Gasteiger charge is 2.45. The van der Waals surface area contributed by atoms with E-state index in [0.29, 0.717) is 12.0 Å². The van der Waals surface area contributed by atoms with Crippen LogP contribution in [-0.2, 0) is 6.54 Å². The lowest BCUT2D eigenvalue weighted by atomic mass is 9.93. The van der Waals surface area contributed by atoms with E-state index in [4.69, 9.17) is 0 Å². The van der Waals surface area contributed by atoms with Crippen molar-refractivity contribution in [2.45, 2.75) is 65.6 Å². The van der Waals surface area contributed by atoms with Crippen LogP contribution in [0.1, 0.15) is 43.6 Å². The third-order valence-corrected chi connectivity index (χ3v) is 4.39. The van der Waals surface area contributed by atoms with E-state index < -0.39 is 0 Å². The van der Waals surface area contributed by atoms with Crippen LogP contribution in [0.25, 0.3) is 0 Å². The zero-order chi connectivity index (χ0) is 14.2. The highest BCUT2D eigenvalue weighted by Crippen LogP contribution is 2.41. The Labute approximate surface area is 116 Å². The Morgan fingerprint density at radius 2 is 2.00 bits per heavy atom. The molecule has 1 heterocycles. The number of nitrogens with one attached hydrogen (secondary N) is 1. The van der Waals surface area contributed by atoms with Gasteiger partial charge in [0.2, 0.25) is 0 Å². The highest BCUT2D eigenvalue weighted by atomic mass is 16.3. The quantitative estimate of drug-likeness (QED) is 0.826. The molecule has 1 aliphatic rings. The average molecular weight is 265 g/mol. The first-order valence-electron chi connectivity index (χ1n) is 7.29. The standard InChI is InChI=1S/C15H27N3O/c1-10(2)16-15(9-19,14-6-7-14)8-18-13(5)11(3)12(4)17-18/h10,14,16,19H,6-9H2,1-5H3. The number of aliphatic hydroxyl groups excluding tert-OH is 1. The van der Waals surface area contributed by atoms with Crippen LogP contribution in [0.3, 0.4) is 0 Å². The second-order valence-corrected chi connectivity index (χ2v) is 6.34. The van der Waals surface area contributed by atoms with Gasteiger partial charge in [-0.3, -0.25) is 4.68 Å². The van der Waals surface area contributed by atoms with Crippen LogP contribution in [0.15, 0.2) is 0 Å². The van der Waals surface area contributed by atoms with Crippen molar-refractivity contribution in [2.24, 2.45) is 5.92 Å². The molecule has 1 aromatic heterocycles. The summed E-state index contributed by atoms with van der Waals surface area (Å²) in [5.74, 6) is 0.573. The molecule has 0 bridgehead atoms. The van der Waals surface area contributed by atoms with Crippen LogP contribution < -0.4 is 5.32 Å². The second-order valence-electron chi connectivity index (χ2n) is 6.34. The monoisotopic (exact) mass is 265 g/mol. The van der Waals surface area contributed by atoms with Gasteiger partial charge in [0.15, 0.2) is 0 Å². The molecule has 0 amide bonds. The minimum Gasteiger partial charge on any atom is -0.394 e. The third kappa shape index (κ3) is 2.84. The summed E-state index contributed by atoms with van der Waals surface area (Å²) in [5, 5.41) is 18.2. The lowest BCUT2D eigenvalue weighted by molar-refractivity contribution is 0.109. The largest absolute Gasteiger partial charge is 0.394 e. The van der Waals surface area contributed by atoms with E-state index in [2.05, 4.69) is 42.8 Å². The van der Waals surface area contributed by atoms with Gasteiger partial charge in [0.25, 0.3) is 0 Å². The predicted octanol–water partition coefficient (Wildman–Crippen LogP) is 1.95. The summed E-state index contributed by atoms with van der Waals surface area (Å²) < 4.78 is 2.06. The van der Waals surface area contributed by atoms with Gasteiger partial charge in [-0.2, -0.15) is 5.10 Å². The highest BCUT2D eigenvalue weighted by molar-refractivity contribution is 5.22. The number of rotatable bonds is 6. The van der Waals surface area contributed by atoms with Crippen LogP contribution >= 0.6 is 0 Å².